The van der Waals surface area contributed by atoms with E-state index in [9.17, 15) is 9.90 Å². The van der Waals surface area contributed by atoms with Crippen LogP contribution in [0, 0.1) is 11.8 Å². The van der Waals surface area contributed by atoms with Crippen molar-refractivity contribution in [3.05, 3.63) is 0 Å². The summed E-state index contributed by atoms with van der Waals surface area (Å²) in [5.74, 6) is 1.00. The highest BCUT2D eigenvalue weighted by atomic mass is 16.3. The fourth-order valence-electron chi connectivity index (χ4n) is 4.20. The number of amides is 1. The van der Waals surface area contributed by atoms with Crippen molar-refractivity contribution in [3.8, 4) is 0 Å². The lowest BCUT2D eigenvalue weighted by atomic mass is 9.71. The van der Waals surface area contributed by atoms with E-state index in [0.29, 0.717) is 17.7 Å². The third kappa shape index (κ3) is 2.18. The van der Waals surface area contributed by atoms with Crippen molar-refractivity contribution in [1.29, 1.82) is 0 Å². The molecule has 2 aliphatic carbocycles. The number of likely N-dealkylation sites (tertiary alicyclic amines) is 1. The molecule has 3 rings (SSSR count). The van der Waals surface area contributed by atoms with Crippen LogP contribution >= 0.6 is 0 Å². The molecule has 102 valence electrons. The van der Waals surface area contributed by atoms with Gasteiger partial charge in [0.2, 0.25) is 5.91 Å². The minimum absolute atomic E-state index is 0.291. The summed E-state index contributed by atoms with van der Waals surface area (Å²) in [5, 5.41) is 10.6. The van der Waals surface area contributed by atoms with Crippen LogP contribution in [0.15, 0.2) is 0 Å². The van der Waals surface area contributed by atoms with Gasteiger partial charge in [-0.25, -0.2) is 0 Å². The Kier molecular flexibility index (Phi) is 3.35. The largest absolute Gasteiger partial charge is 0.389 e. The van der Waals surface area contributed by atoms with Crippen molar-refractivity contribution >= 4 is 5.91 Å². The number of carbonyl (C=O) groups excluding carboxylic acids is 1. The predicted molar refractivity (Wildman–Crippen MR) is 70.1 cm³/mol. The van der Waals surface area contributed by atoms with Gasteiger partial charge in [0.15, 0.2) is 0 Å². The van der Waals surface area contributed by atoms with E-state index in [1.807, 2.05) is 0 Å². The molecule has 0 aromatic heterocycles. The van der Waals surface area contributed by atoms with E-state index in [1.165, 1.54) is 19.3 Å². The SMILES string of the molecule is O=C(C1CCCC1)N1CCC2(O)CCCCC2C1. The van der Waals surface area contributed by atoms with Crippen LogP contribution in [-0.4, -0.2) is 34.6 Å². The molecule has 1 amide bonds. The second-order valence-electron chi connectivity index (χ2n) is 6.56. The average Bonchev–Trinajstić information content (AvgIpc) is 2.90. The summed E-state index contributed by atoms with van der Waals surface area (Å²) in [7, 11) is 0. The molecule has 1 saturated heterocycles. The number of hydrogen-bond donors (Lipinski definition) is 1. The van der Waals surface area contributed by atoms with Crippen LogP contribution in [0.1, 0.15) is 57.8 Å². The predicted octanol–water partition coefficient (Wildman–Crippen LogP) is 2.33. The van der Waals surface area contributed by atoms with Crippen molar-refractivity contribution in [2.75, 3.05) is 13.1 Å². The van der Waals surface area contributed by atoms with E-state index in [-0.39, 0.29) is 0 Å². The minimum Gasteiger partial charge on any atom is -0.389 e. The van der Waals surface area contributed by atoms with E-state index in [4.69, 9.17) is 0 Å². The third-order valence-corrected chi connectivity index (χ3v) is 5.44. The smallest absolute Gasteiger partial charge is 0.225 e. The monoisotopic (exact) mass is 251 g/mol. The Hall–Kier alpha value is -0.570. The first-order valence-corrected chi connectivity index (χ1v) is 7.70. The molecule has 18 heavy (non-hydrogen) atoms. The molecule has 2 saturated carbocycles. The second-order valence-corrected chi connectivity index (χ2v) is 6.56. The highest BCUT2D eigenvalue weighted by Crippen LogP contribution is 2.40. The first-order valence-electron chi connectivity index (χ1n) is 7.70. The Morgan fingerprint density at radius 2 is 1.78 bits per heavy atom. The maximum Gasteiger partial charge on any atom is 0.225 e. The quantitative estimate of drug-likeness (QED) is 0.777. The molecule has 2 unspecified atom stereocenters. The Bertz CT molecular complexity index is 324. The van der Waals surface area contributed by atoms with Gasteiger partial charge in [0.1, 0.15) is 0 Å². The molecule has 1 N–H and O–H groups in total. The number of fused-ring (bicyclic) bond motifs is 1. The molecule has 0 radical (unpaired) electrons. The van der Waals surface area contributed by atoms with E-state index in [1.54, 1.807) is 0 Å². The van der Waals surface area contributed by atoms with Crippen molar-refractivity contribution in [3.63, 3.8) is 0 Å². The summed E-state index contributed by atoms with van der Waals surface area (Å²) in [4.78, 5) is 14.5. The molecule has 0 bridgehead atoms. The lowest BCUT2D eigenvalue weighted by molar-refractivity contribution is -0.147. The molecule has 3 fully saturated rings. The third-order valence-electron chi connectivity index (χ3n) is 5.44. The van der Waals surface area contributed by atoms with Gasteiger partial charge in [-0.15, -0.1) is 0 Å². The van der Waals surface area contributed by atoms with Gasteiger partial charge in [-0.3, -0.25) is 4.79 Å². The fourth-order valence-corrected chi connectivity index (χ4v) is 4.20. The van der Waals surface area contributed by atoms with Crippen molar-refractivity contribution < 1.29 is 9.90 Å². The first-order chi connectivity index (χ1) is 8.69. The summed E-state index contributed by atoms with van der Waals surface area (Å²) < 4.78 is 0. The lowest BCUT2D eigenvalue weighted by Gasteiger charge is -2.47. The number of piperidine rings is 1. The number of carbonyl (C=O) groups is 1. The lowest BCUT2D eigenvalue weighted by Crippen LogP contribution is -2.55. The molecule has 3 aliphatic rings. The molecule has 3 nitrogen and oxygen atoms in total. The molecule has 3 heteroatoms. The summed E-state index contributed by atoms with van der Waals surface area (Å²) in [6, 6.07) is 0. The van der Waals surface area contributed by atoms with Gasteiger partial charge in [0.05, 0.1) is 5.60 Å². The molecule has 2 atom stereocenters. The van der Waals surface area contributed by atoms with Crippen LogP contribution in [0.4, 0.5) is 0 Å². The zero-order valence-electron chi connectivity index (χ0n) is 11.2. The fraction of sp³-hybridized carbons (Fsp3) is 0.933. The Morgan fingerprint density at radius 1 is 1.06 bits per heavy atom. The number of rotatable bonds is 1. The first kappa shape index (κ1) is 12.5. The normalized spacial score (nSPS) is 37.6. The molecule has 0 aromatic carbocycles. The van der Waals surface area contributed by atoms with E-state index in [2.05, 4.69) is 4.90 Å². The average molecular weight is 251 g/mol. The molecule has 1 aliphatic heterocycles. The second kappa shape index (κ2) is 4.84. The van der Waals surface area contributed by atoms with Crippen LogP contribution < -0.4 is 0 Å². The molecule has 0 spiro atoms. The van der Waals surface area contributed by atoms with Crippen LogP contribution in [0.3, 0.4) is 0 Å². The van der Waals surface area contributed by atoms with Gasteiger partial charge >= 0.3 is 0 Å². The number of hydrogen-bond acceptors (Lipinski definition) is 2. The molecular weight excluding hydrogens is 226 g/mol. The molecule has 1 heterocycles. The zero-order valence-corrected chi connectivity index (χ0v) is 11.2. The molecule has 0 aromatic rings. The Labute approximate surface area is 110 Å². The standard InChI is InChI=1S/C15H25NO2/c17-14(12-5-1-2-6-12)16-10-9-15(18)8-4-3-7-13(15)11-16/h12-13,18H,1-11H2. The summed E-state index contributed by atoms with van der Waals surface area (Å²) in [6.45, 7) is 1.59. The van der Waals surface area contributed by atoms with Gasteiger partial charge in [-0.05, 0) is 32.1 Å². The highest BCUT2D eigenvalue weighted by Gasteiger charge is 2.44. The van der Waals surface area contributed by atoms with E-state index >= 15 is 0 Å². The Morgan fingerprint density at radius 3 is 2.56 bits per heavy atom. The maximum atomic E-state index is 12.4. The maximum absolute atomic E-state index is 12.4. The van der Waals surface area contributed by atoms with Gasteiger partial charge in [-0.2, -0.15) is 0 Å². The van der Waals surface area contributed by atoms with Crippen molar-refractivity contribution in [2.24, 2.45) is 11.8 Å². The minimum atomic E-state index is -0.454. The van der Waals surface area contributed by atoms with Crippen molar-refractivity contribution in [2.45, 2.75) is 63.4 Å². The van der Waals surface area contributed by atoms with Gasteiger partial charge < -0.3 is 10.0 Å². The van der Waals surface area contributed by atoms with Crippen molar-refractivity contribution in [1.82, 2.24) is 4.90 Å². The topological polar surface area (TPSA) is 40.5 Å². The van der Waals surface area contributed by atoms with Crippen LogP contribution in [0.2, 0.25) is 0 Å². The summed E-state index contributed by atoms with van der Waals surface area (Å²) >= 11 is 0. The zero-order chi connectivity index (χ0) is 12.6. The van der Waals surface area contributed by atoms with Gasteiger partial charge in [0, 0.05) is 24.9 Å². The summed E-state index contributed by atoms with van der Waals surface area (Å²) in [6.07, 6.45) is 9.84. The van der Waals surface area contributed by atoms with Gasteiger partial charge in [-0.1, -0.05) is 25.7 Å². The number of nitrogens with zero attached hydrogens (tertiary/aromatic N) is 1. The van der Waals surface area contributed by atoms with Crippen LogP contribution in [-0.2, 0) is 4.79 Å². The van der Waals surface area contributed by atoms with Gasteiger partial charge in [0.25, 0.3) is 0 Å². The van der Waals surface area contributed by atoms with Crippen LogP contribution in [0.5, 0.6) is 0 Å². The van der Waals surface area contributed by atoms with Crippen LogP contribution in [0.25, 0.3) is 0 Å². The number of aliphatic hydroxyl groups is 1. The Balaban J connectivity index is 1.64. The highest BCUT2D eigenvalue weighted by molar-refractivity contribution is 5.79. The summed E-state index contributed by atoms with van der Waals surface area (Å²) in [5.41, 5.74) is -0.454. The van der Waals surface area contributed by atoms with E-state index < -0.39 is 5.60 Å². The molecular formula is C15H25NO2. The van der Waals surface area contributed by atoms with E-state index in [0.717, 1.165) is 51.6 Å².